The summed E-state index contributed by atoms with van der Waals surface area (Å²) in [6, 6.07) is 0.936. The summed E-state index contributed by atoms with van der Waals surface area (Å²) in [6.07, 6.45) is 7.69. The molecule has 0 spiro atoms. The van der Waals surface area contributed by atoms with Gasteiger partial charge in [-0.3, -0.25) is 24.0 Å². The van der Waals surface area contributed by atoms with E-state index >= 15 is 4.39 Å². The highest BCUT2D eigenvalue weighted by atomic mass is 19.1. The number of aromatic carboxylic acids is 1. The van der Waals surface area contributed by atoms with Crippen molar-refractivity contribution >= 4 is 51.9 Å². The van der Waals surface area contributed by atoms with Crippen molar-refractivity contribution in [3.05, 3.63) is 104 Å². The minimum absolute atomic E-state index is 0.0311. The van der Waals surface area contributed by atoms with Gasteiger partial charge in [0.05, 0.1) is 72.5 Å². The number of ether oxygens (including phenoxy) is 6. The SMILES string of the molecule is COc1c(N2CCCC(NC3CCN(C(=O)O[C@H]4[C@H](C)[C@H](O)[C@H](C)[C@@H](O)[C@@H](C)/C=C/C=C(/C)C(=O)NC5=C(N6CCOCC6)C(=O)c6c(c(O)c(C)c7c6C(=O)[C@@](C)(O/C=C/[C@H](OC)[C@H]4C)O7)C5=O)CC3)C2)c(F)cc2c(=O)c(C(=O)O)cn(C3CC3)c12. The van der Waals surface area contributed by atoms with Crippen LogP contribution in [0.5, 0.6) is 17.2 Å². The van der Waals surface area contributed by atoms with E-state index in [0.717, 1.165) is 25.3 Å². The van der Waals surface area contributed by atoms with Crippen LogP contribution in [0.25, 0.3) is 10.9 Å². The number of ketones is 3. The van der Waals surface area contributed by atoms with Crippen molar-refractivity contribution in [2.24, 2.45) is 23.7 Å². The average molecular weight is 1220 g/mol. The van der Waals surface area contributed by atoms with E-state index in [2.05, 4.69) is 10.6 Å². The summed E-state index contributed by atoms with van der Waals surface area (Å²) in [5.74, 6) is -11.2. The molecule has 1 aromatic heterocycles. The van der Waals surface area contributed by atoms with Crippen LogP contribution in [0.1, 0.15) is 133 Å². The van der Waals surface area contributed by atoms with E-state index in [4.69, 9.17) is 28.4 Å². The number of allylic oxidation sites excluding steroid dienone is 4. The summed E-state index contributed by atoms with van der Waals surface area (Å²) in [6.45, 7) is 13.3. The highest BCUT2D eigenvalue weighted by molar-refractivity contribution is 6.32. The van der Waals surface area contributed by atoms with E-state index in [1.807, 2.05) is 4.90 Å². The largest absolute Gasteiger partial charge is 0.507 e. The Kier molecular flexibility index (Phi) is 18.3. The van der Waals surface area contributed by atoms with E-state index in [9.17, 15) is 54.0 Å². The van der Waals surface area contributed by atoms with Gasteiger partial charge in [0.1, 0.15) is 40.2 Å². The summed E-state index contributed by atoms with van der Waals surface area (Å²) < 4.78 is 54.2. The standard InChI is InChI=1S/C64H79FN6O17/c1-31-12-10-13-32(2)61(79)67-47-50(68-23-26-85-27-24-68)56(77)44-45(55(47)76)53(74)36(6)58-46(44)60(78)64(7,88-58)86-25-19-43(83-8)33(3)57(35(5)52(73)34(4)51(31)72)87-63(82)69-21-17-37(18-22-69)66-38-14-11-20-70(29-38)49-42(65)28-40-48(59(49)84-9)71(39-15-16-39)30-41(54(40)75)62(80)81/h10,12-13,19,25,28,30-31,33-35,37-39,43,51-52,57,66,72-74H,11,14-18,20-24,26-27,29H2,1-9H3,(H,67,79)(H,80,81)/b12-10+,25-19+,32-13-/t31-,33+,34+,35+,38?,43-,51-,52+,57+,64-/m0/s1. The number of aromatic nitrogens is 1. The number of aliphatic hydroxyl groups is 2. The molecule has 3 saturated heterocycles. The van der Waals surface area contributed by atoms with E-state index < -0.39 is 129 Å². The monoisotopic (exact) mass is 1220 g/mol. The molecule has 2 amide bonds. The molecule has 23 nitrogen and oxygen atoms in total. The van der Waals surface area contributed by atoms with Crippen LogP contribution in [-0.4, -0.2) is 179 Å². The molecule has 10 atom stereocenters. The molecule has 474 valence electrons. The summed E-state index contributed by atoms with van der Waals surface area (Å²) in [5, 5.41) is 51.8. The number of halogens is 1. The van der Waals surface area contributed by atoms with E-state index in [0.29, 0.717) is 51.0 Å². The lowest BCUT2D eigenvalue weighted by molar-refractivity contribution is -0.116. The number of hydrogen-bond acceptors (Lipinski definition) is 19. The van der Waals surface area contributed by atoms with Crippen LogP contribution in [0.3, 0.4) is 0 Å². The van der Waals surface area contributed by atoms with E-state index in [1.54, 1.807) is 54.2 Å². The van der Waals surface area contributed by atoms with Gasteiger partial charge in [0.2, 0.25) is 17.0 Å². The van der Waals surface area contributed by atoms with Gasteiger partial charge in [0.25, 0.3) is 11.7 Å². The number of nitrogens with zero attached hydrogens (tertiary/aromatic N) is 4. The Bertz CT molecular complexity index is 3500. The van der Waals surface area contributed by atoms with Crippen LogP contribution in [0.2, 0.25) is 0 Å². The Labute approximate surface area is 508 Å². The number of morpholine rings is 1. The fraction of sp³-hybridized carbons (Fsp3) is 0.547. The Hall–Kier alpha value is -7.64. The molecule has 7 heterocycles. The second kappa shape index (κ2) is 25.5. The lowest BCUT2D eigenvalue weighted by Gasteiger charge is -2.41. The number of benzene rings is 2. The number of pyridine rings is 1. The lowest BCUT2D eigenvalue weighted by atomic mass is 9.78. The van der Waals surface area contributed by atoms with Crippen LogP contribution in [0.4, 0.5) is 14.9 Å². The van der Waals surface area contributed by atoms with Crippen molar-refractivity contribution < 1.29 is 82.0 Å². The predicted molar refractivity (Wildman–Crippen MR) is 318 cm³/mol. The third kappa shape index (κ3) is 11.8. The summed E-state index contributed by atoms with van der Waals surface area (Å²) in [5.41, 5.74) is -2.35. The number of piperidine rings is 2. The summed E-state index contributed by atoms with van der Waals surface area (Å²) >= 11 is 0. The predicted octanol–water partition coefficient (Wildman–Crippen LogP) is 6.08. The molecule has 6 aliphatic heterocycles. The molecule has 1 saturated carbocycles. The average Bonchev–Trinajstić information content (AvgIpc) is 1.26. The third-order valence-electron chi connectivity index (χ3n) is 18.7. The first-order chi connectivity index (χ1) is 41.9. The molecule has 24 heteroatoms. The van der Waals surface area contributed by atoms with Gasteiger partial charge in [0.15, 0.2) is 11.6 Å². The molecule has 4 fully saturated rings. The molecule has 8 aliphatic rings. The Balaban J connectivity index is 0.883. The number of carbonyl (C=O) groups is 6. The number of amides is 2. The van der Waals surface area contributed by atoms with Gasteiger partial charge >= 0.3 is 17.8 Å². The van der Waals surface area contributed by atoms with Gasteiger partial charge < -0.3 is 78.7 Å². The molecule has 11 rings (SSSR count). The first-order valence-corrected chi connectivity index (χ1v) is 30.3. The highest BCUT2D eigenvalue weighted by Crippen LogP contribution is 2.50. The third-order valence-corrected chi connectivity index (χ3v) is 18.7. The minimum Gasteiger partial charge on any atom is -0.507 e. The van der Waals surface area contributed by atoms with Gasteiger partial charge in [-0.15, -0.1) is 0 Å². The Morgan fingerprint density at radius 1 is 0.841 bits per heavy atom. The van der Waals surface area contributed by atoms with Crippen molar-refractivity contribution in [1.82, 2.24) is 25.0 Å². The van der Waals surface area contributed by atoms with Gasteiger partial charge in [-0.1, -0.05) is 45.9 Å². The van der Waals surface area contributed by atoms with Crippen LogP contribution in [0.15, 0.2) is 64.6 Å². The Morgan fingerprint density at radius 2 is 1.55 bits per heavy atom. The topological polar surface area (TPSA) is 294 Å². The Morgan fingerprint density at radius 3 is 2.20 bits per heavy atom. The maximum atomic E-state index is 16.3. The lowest BCUT2D eigenvalue weighted by Crippen LogP contribution is -2.53. The smallest absolute Gasteiger partial charge is 0.410 e. The number of methoxy groups -OCH3 is 2. The fourth-order valence-corrected chi connectivity index (χ4v) is 13.4. The molecule has 5 bridgehead atoms. The fourth-order valence-electron chi connectivity index (χ4n) is 13.4. The number of likely N-dealkylation sites (tertiary alicyclic amines) is 1. The first kappa shape index (κ1) is 63.4. The van der Waals surface area contributed by atoms with Gasteiger partial charge in [-0.25, -0.2) is 14.0 Å². The number of carboxylic acid groups (broad SMARTS) is 1. The molecule has 3 aromatic rings. The number of phenolic OH excluding ortho intramolecular Hbond substituents is 1. The van der Waals surface area contributed by atoms with E-state index in [-0.39, 0.29) is 89.4 Å². The van der Waals surface area contributed by atoms with Crippen molar-refractivity contribution in [2.45, 2.75) is 135 Å². The number of carboxylic acids is 1. The number of aliphatic hydroxyl groups excluding tert-OH is 2. The number of rotatable bonds is 9. The molecule has 6 N–H and O–H groups in total. The molecular weight excluding hydrogens is 1140 g/mol. The highest BCUT2D eigenvalue weighted by Gasteiger charge is 2.53. The first-order valence-electron chi connectivity index (χ1n) is 30.3. The van der Waals surface area contributed by atoms with E-state index in [1.165, 1.54) is 59.6 Å². The molecule has 1 unspecified atom stereocenters. The number of fused-ring (bicyclic) bond motifs is 15. The minimum atomic E-state index is -2.16. The molecule has 0 radical (unpaired) electrons. The number of aromatic hydroxyl groups is 1. The van der Waals surface area contributed by atoms with Crippen molar-refractivity contribution in [3.8, 4) is 17.2 Å². The zero-order valence-corrected chi connectivity index (χ0v) is 51.1. The molecule has 2 aliphatic carbocycles. The van der Waals surface area contributed by atoms with Crippen LogP contribution >= 0.6 is 0 Å². The second-order valence-corrected chi connectivity index (χ2v) is 24.6. The van der Waals surface area contributed by atoms with Crippen molar-refractivity contribution in [3.63, 3.8) is 0 Å². The van der Waals surface area contributed by atoms with Crippen LogP contribution < -0.4 is 30.4 Å². The maximum Gasteiger partial charge on any atom is 0.410 e. The number of anilines is 1. The molecule has 2 aromatic carbocycles. The maximum absolute atomic E-state index is 16.3. The van der Waals surface area contributed by atoms with Crippen LogP contribution in [-0.2, 0) is 23.7 Å². The van der Waals surface area contributed by atoms with Gasteiger partial charge in [0, 0.05) is 112 Å². The molecular formula is C64H79FN6O17. The second-order valence-electron chi connectivity index (χ2n) is 24.6. The number of Topliss-reactive ketones (excluding diaryl/α,β-unsaturated/α-hetero) is 3. The quantitative estimate of drug-likeness (QED) is 0.141. The normalized spacial score (nSPS) is 29.9. The van der Waals surface area contributed by atoms with Crippen LogP contribution in [0, 0.1) is 36.4 Å². The molecule has 88 heavy (non-hydrogen) atoms. The van der Waals surface area contributed by atoms with Gasteiger partial charge in [-0.05, 0) is 64.5 Å². The zero-order valence-electron chi connectivity index (χ0n) is 51.1. The number of phenols is 1. The number of carbonyl (C=O) groups excluding carboxylic acids is 5. The van der Waals surface area contributed by atoms with Crippen molar-refractivity contribution in [1.29, 1.82) is 0 Å². The summed E-state index contributed by atoms with van der Waals surface area (Å²) in [4.78, 5) is 103. The number of nitrogens with one attached hydrogen (secondary N) is 2. The summed E-state index contributed by atoms with van der Waals surface area (Å²) in [7, 11) is 2.84. The number of hydrogen-bond donors (Lipinski definition) is 6. The van der Waals surface area contributed by atoms with Crippen molar-refractivity contribution in [2.75, 3.05) is 71.6 Å². The zero-order chi connectivity index (χ0) is 63.4. The van der Waals surface area contributed by atoms with Gasteiger partial charge in [-0.2, -0.15) is 0 Å².